The Bertz CT molecular complexity index is 501. The number of alkyl halides is 3. The zero-order chi connectivity index (χ0) is 11.8. The topological polar surface area (TPSA) is 40.7 Å². The molecule has 2 aromatic rings. The summed E-state index contributed by atoms with van der Waals surface area (Å²) in [6.07, 6.45) is -4.32. The van der Waals surface area contributed by atoms with Crippen molar-refractivity contribution in [2.45, 2.75) is 12.7 Å². The number of H-pyrrole nitrogens is 1. The summed E-state index contributed by atoms with van der Waals surface area (Å²) < 4.78 is 37.3. The third kappa shape index (κ3) is 1.88. The molecule has 0 radical (unpaired) electrons. The number of fused-ring (bicyclic) bond motifs is 1. The monoisotopic (exact) mass is 229 g/mol. The van der Waals surface area contributed by atoms with Crippen LogP contribution < -0.4 is 5.32 Å². The van der Waals surface area contributed by atoms with Crippen molar-refractivity contribution in [1.29, 1.82) is 0 Å². The fourth-order valence-corrected chi connectivity index (χ4v) is 1.56. The van der Waals surface area contributed by atoms with E-state index in [0.29, 0.717) is 17.4 Å². The minimum atomic E-state index is -4.32. The Labute approximate surface area is 89.7 Å². The third-order valence-corrected chi connectivity index (χ3v) is 2.32. The molecule has 1 aromatic carbocycles. The Morgan fingerprint density at radius 3 is 2.75 bits per heavy atom. The lowest BCUT2D eigenvalue weighted by Crippen LogP contribution is -2.06. The number of nitrogens with zero attached hydrogens (tertiary/aromatic N) is 1. The second kappa shape index (κ2) is 3.79. The summed E-state index contributed by atoms with van der Waals surface area (Å²) in [6.45, 7) is 0.544. The number of hydrogen-bond acceptors (Lipinski definition) is 2. The molecule has 0 atom stereocenters. The molecule has 86 valence electrons. The van der Waals surface area contributed by atoms with E-state index in [2.05, 4.69) is 15.5 Å². The molecule has 0 unspecified atom stereocenters. The van der Waals surface area contributed by atoms with E-state index in [-0.39, 0.29) is 0 Å². The Morgan fingerprint density at radius 1 is 1.38 bits per heavy atom. The average Bonchev–Trinajstić information content (AvgIpc) is 2.60. The van der Waals surface area contributed by atoms with Gasteiger partial charge in [0, 0.05) is 11.9 Å². The van der Waals surface area contributed by atoms with Gasteiger partial charge in [0.15, 0.2) is 0 Å². The highest BCUT2D eigenvalue weighted by Gasteiger charge is 2.30. The molecule has 1 aromatic heterocycles. The van der Waals surface area contributed by atoms with Crippen LogP contribution in [0, 0.1) is 0 Å². The van der Waals surface area contributed by atoms with Crippen LogP contribution in [-0.4, -0.2) is 17.2 Å². The van der Waals surface area contributed by atoms with Crippen LogP contribution in [0.25, 0.3) is 10.9 Å². The molecular weight excluding hydrogens is 219 g/mol. The maximum Gasteiger partial charge on any atom is 0.416 e. The van der Waals surface area contributed by atoms with Gasteiger partial charge in [0.2, 0.25) is 0 Å². The summed E-state index contributed by atoms with van der Waals surface area (Å²) >= 11 is 0. The minimum absolute atomic E-state index is 0.333. The number of nitrogens with one attached hydrogen (secondary N) is 2. The first-order valence-electron chi connectivity index (χ1n) is 4.71. The van der Waals surface area contributed by atoms with Crippen LogP contribution in [0.1, 0.15) is 11.3 Å². The van der Waals surface area contributed by atoms with E-state index in [4.69, 9.17) is 0 Å². The normalized spacial score (nSPS) is 12.2. The zero-order valence-corrected chi connectivity index (χ0v) is 8.52. The second-order valence-electron chi connectivity index (χ2n) is 3.46. The Hall–Kier alpha value is -1.56. The maximum atomic E-state index is 12.4. The van der Waals surface area contributed by atoms with Crippen molar-refractivity contribution in [3.8, 4) is 0 Å². The number of halogens is 3. The Morgan fingerprint density at radius 2 is 2.12 bits per heavy atom. The number of aromatic nitrogens is 2. The van der Waals surface area contributed by atoms with Gasteiger partial charge in [-0.2, -0.15) is 18.3 Å². The van der Waals surface area contributed by atoms with Crippen molar-refractivity contribution in [3.05, 3.63) is 29.5 Å². The number of rotatable bonds is 2. The van der Waals surface area contributed by atoms with Gasteiger partial charge in [0.25, 0.3) is 0 Å². The van der Waals surface area contributed by atoms with Crippen LogP contribution >= 0.6 is 0 Å². The largest absolute Gasteiger partial charge is 0.416 e. The number of hydrogen-bond donors (Lipinski definition) is 2. The predicted octanol–water partition coefficient (Wildman–Crippen LogP) is 2.30. The standard InChI is InChI=1S/C10H10F3N3/c1-14-5-9-7-3-2-6(10(11,12)13)4-8(7)15-16-9/h2-4,14H,5H2,1H3,(H,15,16). The van der Waals surface area contributed by atoms with Gasteiger partial charge in [0.05, 0.1) is 16.8 Å². The first-order chi connectivity index (χ1) is 7.52. The molecule has 6 heteroatoms. The first kappa shape index (κ1) is 10.9. The van der Waals surface area contributed by atoms with E-state index in [0.717, 1.165) is 17.8 Å². The molecule has 2 rings (SSSR count). The Balaban J connectivity index is 2.49. The van der Waals surface area contributed by atoms with E-state index in [9.17, 15) is 13.2 Å². The van der Waals surface area contributed by atoms with E-state index < -0.39 is 11.7 Å². The predicted molar refractivity (Wildman–Crippen MR) is 53.9 cm³/mol. The molecule has 0 amide bonds. The van der Waals surface area contributed by atoms with Crippen LogP contribution in [0.3, 0.4) is 0 Å². The molecule has 0 fully saturated rings. The summed E-state index contributed by atoms with van der Waals surface area (Å²) in [5.74, 6) is 0. The summed E-state index contributed by atoms with van der Waals surface area (Å²) in [5.41, 5.74) is 0.439. The number of benzene rings is 1. The highest BCUT2D eigenvalue weighted by atomic mass is 19.4. The number of aromatic amines is 1. The van der Waals surface area contributed by atoms with Crippen LogP contribution in [0.15, 0.2) is 18.2 Å². The van der Waals surface area contributed by atoms with Gasteiger partial charge < -0.3 is 5.32 Å². The van der Waals surface area contributed by atoms with E-state index in [1.165, 1.54) is 6.07 Å². The molecule has 16 heavy (non-hydrogen) atoms. The van der Waals surface area contributed by atoms with E-state index in [1.54, 1.807) is 7.05 Å². The fraction of sp³-hybridized carbons (Fsp3) is 0.300. The molecule has 1 heterocycles. The van der Waals surface area contributed by atoms with Gasteiger partial charge in [0.1, 0.15) is 0 Å². The molecule has 0 aliphatic heterocycles. The highest BCUT2D eigenvalue weighted by molar-refractivity contribution is 5.82. The minimum Gasteiger partial charge on any atom is -0.314 e. The molecular formula is C10H10F3N3. The lowest BCUT2D eigenvalue weighted by molar-refractivity contribution is -0.137. The van der Waals surface area contributed by atoms with Gasteiger partial charge in [-0.3, -0.25) is 5.10 Å². The SMILES string of the molecule is CNCc1[nH]nc2cc(C(F)(F)F)ccc12. The quantitative estimate of drug-likeness (QED) is 0.829. The molecule has 0 spiro atoms. The summed E-state index contributed by atoms with van der Waals surface area (Å²) in [5, 5.41) is 10.2. The molecule has 0 saturated carbocycles. The first-order valence-corrected chi connectivity index (χ1v) is 4.71. The molecule has 2 N–H and O–H groups in total. The van der Waals surface area contributed by atoms with Gasteiger partial charge >= 0.3 is 6.18 Å². The van der Waals surface area contributed by atoms with Crippen LogP contribution in [0.2, 0.25) is 0 Å². The molecule has 3 nitrogen and oxygen atoms in total. The van der Waals surface area contributed by atoms with E-state index in [1.807, 2.05) is 0 Å². The lowest BCUT2D eigenvalue weighted by atomic mass is 10.1. The highest BCUT2D eigenvalue weighted by Crippen LogP contribution is 2.31. The van der Waals surface area contributed by atoms with Gasteiger partial charge in [-0.05, 0) is 19.2 Å². The molecule has 0 saturated heterocycles. The van der Waals surface area contributed by atoms with Crippen LogP contribution in [-0.2, 0) is 12.7 Å². The van der Waals surface area contributed by atoms with Crippen molar-refractivity contribution in [2.24, 2.45) is 0 Å². The van der Waals surface area contributed by atoms with Crippen molar-refractivity contribution in [2.75, 3.05) is 7.05 Å². The molecule has 0 aliphatic rings. The fourth-order valence-electron chi connectivity index (χ4n) is 1.56. The Kier molecular flexibility index (Phi) is 2.59. The van der Waals surface area contributed by atoms with Crippen molar-refractivity contribution < 1.29 is 13.2 Å². The molecule has 0 bridgehead atoms. The van der Waals surface area contributed by atoms with Crippen LogP contribution in [0.4, 0.5) is 13.2 Å². The third-order valence-electron chi connectivity index (χ3n) is 2.32. The molecule has 0 aliphatic carbocycles. The van der Waals surface area contributed by atoms with Crippen molar-refractivity contribution in [3.63, 3.8) is 0 Å². The maximum absolute atomic E-state index is 12.4. The lowest BCUT2D eigenvalue weighted by Gasteiger charge is -2.05. The average molecular weight is 229 g/mol. The van der Waals surface area contributed by atoms with Gasteiger partial charge in [-0.25, -0.2) is 0 Å². The second-order valence-corrected chi connectivity index (χ2v) is 3.46. The van der Waals surface area contributed by atoms with Crippen molar-refractivity contribution >= 4 is 10.9 Å². The summed E-state index contributed by atoms with van der Waals surface area (Å²) in [4.78, 5) is 0. The smallest absolute Gasteiger partial charge is 0.314 e. The zero-order valence-electron chi connectivity index (χ0n) is 8.52. The summed E-state index contributed by atoms with van der Waals surface area (Å²) in [6, 6.07) is 3.55. The van der Waals surface area contributed by atoms with Gasteiger partial charge in [-0.1, -0.05) is 6.07 Å². The van der Waals surface area contributed by atoms with Gasteiger partial charge in [-0.15, -0.1) is 0 Å². The van der Waals surface area contributed by atoms with Crippen molar-refractivity contribution in [1.82, 2.24) is 15.5 Å². The van der Waals surface area contributed by atoms with Crippen LogP contribution in [0.5, 0.6) is 0 Å². The summed E-state index contributed by atoms with van der Waals surface area (Å²) in [7, 11) is 1.76. The van der Waals surface area contributed by atoms with E-state index >= 15 is 0 Å².